The molecule has 20 nitrogen and oxygen atoms in total. The molecule has 21 heteroatoms. The van der Waals surface area contributed by atoms with Crippen molar-refractivity contribution in [1.82, 2.24) is 35.4 Å². The fourth-order valence-electron chi connectivity index (χ4n) is 9.97. The predicted octanol–water partition coefficient (Wildman–Crippen LogP) is 7.94. The van der Waals surface area contributed by atoms with E-state index in [1.807, 2.05) is 66.9 Å². The molecule has 0 aliphatic heterocycles. The number of nitrogens with one attached hydrogen (secondary N) is 5. The number of fused-ring (bicyclic) bond motifs is 1. The molecular formula is C63H73N9O11S. The lowest BCUT2D eigenvalue weighted by molar-refractivity contribution is -0.129. The first kappa shape index (κ1) is 62.6. The Kier molecular flexibility index (Phi) is 21.5. The SMILES string of the molecule is Cc1cc(C)c(S(=O)(=O)/N=C(/CNC(=O)c2cn(CCCNC(=O)CCC(=O)NCCCOCCCNC(=O)OC(C)(C)C)c3cc(CNc4nccn4C(c4ccccc4)(c4ccccc4)c4ccccc4)ccc3c2=O)C(=O)O)c(C)c1. The molecule has 5 aromatic carbocycles. The van der Waals surface area contributed by atoms with Gasteiger partial charge in [0, 0.05) is 82.8 Å². The minimum atomic E-state index is -4.54. The number of nitrogens with zero attached hydrogens (tertiary/aromatic N) is 4. The van der Waals surface area contributed by atoms with Crippen molar-refractivity contribution in [3.63, 3.8) is 0 Å². The number of carboxylic acids is 1. The van der Waals surface area contributed by atoms with E-state index in [0.717, 1.165) is 27.8 Å². The predicted molar refractivity (Wildman–Crippen MR) is 322 cm³/mol. The number of amides is 4. The molecule has 4 amide bonds. The van der Waals surface area contributed by atoms with Gasteiger partial charge >= 0.3 is 12.1 Å². The van der Waals surface area contributed by atoms with E-state index in [1.54, 1.807) is 76.6 Å². The number of ether oxygens (including phenoxy) is 2. The number of carboxylic acid groups (broad SMARTS) is 1. The lowest BCUT2D eigenvalue weighted by Crippen LogP contribution is -2.38. The zero-order chi connectivity index (χ0) is 60.4. The third-order valence-corrected chi connectivity index (χ3v) is 15.2. The zero-order valence-corrected chi connectivity index (χ0v) is 49.0. The number of anilines is 1. The van der Waals surface area contributed by atoms with Gasteiger partial charge < -0.3 is 45.7 Å². The molecule has 6 N–H and O–H groups in total. The summed E-state index contributed by atoms with van der Waals surface area (Å²) in [6.45, 7) is 11.7. The molecule has 84 heavy (non-hydrogen) atoms. The van der Waals surface area contributed by atoms with Crippen LogP contribution in [-0.2, 0) is 52.5 Å². The van der Waals surface area contributed by atoms with E-state index in [0.29, 0.717) is 68.2 Å². The number of aromatic nitrogens is 3. The minimum absolute atomic E-state index is 0.0415. The summed E-state index contributed by atoms with van der Waals surface area (Å²) in [7, 11) is -4.54. The van der Waals surface area contributed by atoms with Gasteiger partial charge in [-0.05, 0) is 106 Å². The first-order valence-corrected chi connectivity index (χ1v) is 29.2. The Morgan fingerprint density at radius 1 is 0.702 bits per heavy atom. The third-order valence-electron chi connectivity index (χ3n) is 13.6. The van der Waals surface area contributed by atoms with E-state index in [9.17, 15) is 42.3 Å². The number of hydrogen-bond acceptors (Lipinski definition) is 12. The molecular weight excluding hydrogens is 1090 g/mol. The number of rotatable bonds is 28. The minimum Gasteiger partial charge on any atom is -0.477 e. The number of imidazole rings is 1. The van der Waals surface area contributed by atoms with Gasteiger partial charge in [0.15, 0.2) is 5.71 Å². The summed E-state index contributed by atoms with van der Waals surface area (Å²) in [6.07, 6.45) is 5.89. The average molecular weight is 1160 g/mol. The van der Waals surface area contributed by atoms with Crippen molar-refractivity contribution in [3.05, 3.63) is 195 Å². The molecule has 0 saturated carbocycles. The Morgan fingerprint density at radius 3 is 1.80 bits per heavy atom. The standard InChI is InChI=1S/C63H73N9O11S/c1-43-37-44(2)57(45(3)38-43)84(80,81)70-52(59(77)78)41-68-58(76)51-42-71(33-16-29-64-54(73)27-28-55(74)65-30-17-35-82-36-18-31-67-61(79)83-62(4,5)6)53-39-46(25-26-50(53)56(51)75)40-69-60-66-32-34-72(60)63(47-19-10-7-11-20-47,48-21-12-8-13-22-48)49-23-14-9-15-24-49/h7-15,19-26,32,34,37-39,42H,16-18,27-31,33,35-36,40-41H2,1-6H3,(H,64,73)(H,65,74)(H,66,69)(H,67,79)(H,68,76)(H,77,78)/b70-52-. The van der Waals surface area contributed by atoms with Crippen LogP contribution in [0.3, 0.4) is 0 Å². The molecule has 442 valence electrons. The summed E-state index contributed by atoms with van der Waals surface area (Å²) < 4.78 is 45.2. The van der Waals surface area contributed by atoms with Crippen LogP contribution >= 0.6 is 0 Å². The number of sulfonamides is 1. The van der Waals surface area contributed by atoms with Crippen molar-refractivity contribution in [3.8, 4) is 0 Å². The first-order valence-electron chi connectivity index (χ1n) is 27.8. The fraction of sp³-hybridized carbons (Fsp3) is 0.333. The van der Waals surface area contributed by atoms with Crippen molar-refractivity contribution in [2.75, 3.05) is 44.7 Å². The second kappa shape index (κ2) is 28.8. The van der Waals surface area contributed by atoms with Crippen molar-refractivity contribution < 1.29 is 47.0 Å². The third kappa shape index (κ3) is 16.4. The molecule has 2 aromatic heterocycles. The van der Waals surface area contributed by atoms with Crippen LogP contribution in [0.25, 0.3) is 10.9 Å². The van der Waals surface area contributed by atoms with Crippen molar-refractivity contribution in [2.24, 2.45) is 4.40 Å². The summed E-state index contributed by atoms with van der Waals surface area (Å²) in [6, 6.07) is 38.9. The highest BCUT2D eigenvalue weighted by Crippen LogP contribution is 2.42. The van der Waals surface area contributed by atoms with Crippen LogP contribution in [0.4, 0.5) is 10.7 Å². The molecule has 0 bridgehead atoms. The highest BCUT2D eigenvalue weighted by Gasteiger charge is 2.40. The number of pyridine rings is 1. The molecule has 0 fully saturated rings. The van der Waals surface area contributed by atoms with Gasteiger partial charge in [-0.15, -0.1) is 0 Å². The van der Waals surface area contributed by atoms with Crippen LogP contribution in [0.5, 0.6) is 0 Å². The summed E-state index contributed by atoms with van der Waals surface area (Å²) in [5.74, 6) is -2.75. The maximum Gasteiger partial charge on any atom is 0.407 e. The second-order valence-corrected chi connectivity index (χ2v) is 22.8. The monoisotopic (exact) mass is 1160 g/mol. The quantitative estimate of drug-likeness (QED) is 0.0155. The summed E-state index contributed by atoms with van der Waals surface area (Å²) in [5.41, 5.74) is 2.44. The number of aliphatic carboxylic acids is 1. The summed E-state index contributed by atoms with van der Waals surface area (Å²) in [5, 5.41) is 24.5. The number of benzene rings is 5. The number of alkyl carbamates (subject to hydrolysis) is 1. The lowest BCUT2D eigenvalue weighted by atomic mass is 9.76. The van der Waals surface area contributed by atoms with Crippen LogP contribution in [0.1, 0.15) is 102 Å². The maximum absolute atomic E-state index is 14.3. The molecule has 7 rings (SSSR count). The van der Waals surface area contributed by atoms with Gasteiger partial charge in [-0.25, -0.2) is 14.6 Å². The molecule has 7 aromatic rings. The zero-order valence-electron chi connectivity index (χ0n) is 48.2. The van der Waals surface area contributed by atoms with E-state index in [4.69, 9.17) is 14.5 Å². The smallest absolute Gasteiger partial charge is 0.407 e. The molecule has 0 radical (unpaired) electrons. The van der Waals surface area contributed by atoms with Gasteiger partial charge in [0.1, 0.15) is 16.7 Å². The lowest BCUT2D eigenvalue weighted by Gasteiger charge is -2.38. The van der Waals surface area contributed by atoms with Crippen molar-refractivity contribution >= 4 is 62.4 Å². The first-order chi connectivity index (χ1) is 40.2. The van der Waals surface area contributed by atoms with Crippen LogP contribution in [0, 0.1) is 20.8 Å². The van der Waals surface area contributed by atoms with E-state index in [2.05, 4.69) is 71.9 Å². The Morgan fingerprint density at radius 2 is 1.25 bits per heavy atom. The Bertz CT molecular complexity index is 3540. The molecule has 2 heterocycles. The molecule has 0 atom stereocenters. The Labute approximate surface area is 489 Å². The average Bonchev–Trinajstić information content (AvgIpc) is 2.14. The second-order valence-electron chi connectivity index (χ2n) is 21.2. The van der Waals surface area contributed by atoms with Crippen LogP contribution in [-0.4, -0.2) is 108 Å². The van der Waals surface area contributed by atoms with E-state index < -0.39 is 56.8 Å². The molecule has 0 aliphatic rings. The van der Waals surface area contributed by atoms with Crippen LogP contribution < -0.4 is 32.0 Å². The molecule has 0 aliphatic carbocycles. The van der Waals surface area contributed by atoms with Crippen LogP contribution in [0.2, 0.25) is 0 Å². The van der Waals surface area contributed by atoms with Crippen molar-refractivity contribution in [2.45, 2.75) is 103 Å². The highest BCUT2D eigenvalue weighted by atomic mass is 32.2. The Hall–Kier alpha value is -8.95. The topological polar surface area (TPSA) is 271 Å². The normalized spacial score (nSPS) is 11.9. The number of carbonyl (C=O) groups excluding carboxylic acids is 4. The number of hydrogen-bond donors (Lipinski definition) is 6. The van der Waals surface area contributed by atoms with E-state index >= 15 is 0 Å². The van der Waals surface area contributed by atoms with Crippen molar-refractivity contribution in [1.29, 1.82) is 0 Å². The van der Waals surface area contributed by atoms with E-state index in [-0.39, 0.29) is 60.1 Å². The van der Waals surface area contributed by atoms with Gasteiger partial charge in [0.2, 0.25) is 23.2 Å². The largest absolute Gasteiger partial charge is 0.477 e. The summed E-state index contributed by atoms with van der Waals surface area (Å²) in [4.78, 5) is 82.7. The highest BCUT2D eigenvalue weighted by molar-refractivity contribution is 7.90. The number of carbonyl (C=O) groups is 5. The van der Waals surface area contributed by atoms with Gasteiger partial charge in [-0.2, -0.15) is 12.8 Å². The Balaban J connectivity index is 1.06. The van der Waals surface area contributed by atoms with Gasteiger partial charge in [-0.3, -0.25) is 23.7 Å². The summed E-state index contributed by atoms with van der Waals surface area (Å²) >= 11 is 0. The molecule has 0 spiro atoms. The molecule has 0 saturated heterocycles. The number of aryl methyl sites for hydroxylation is 4. The fourth-order valence-corrected chi connectivity index (χ4v) is 11.4. The van der Waals surface area contributed by atoms with E-state index in [1.165, 1.54) is 6.20 Å². The van der Waals surface area contributed by atoms with Gasteiger partial charge in [0.05, 0.1) is 17.0 Å². The van der Waals surface area contributed by atoms with Crippen LogP contribution in [0.15, 0.2) is 154 Å². The molecule has 0 unspecified atom stereocenters. The van der Waals surface area contributed by atoms with Gasteiger partial charge in [-0.1, -0.05) is 115 Å². The maximum atomic E-state index is 14.3. The van der Waals surface area contributed by atoms with Gasteiger partial charge in [0.25, 0.3) is 15.9 Å².